The molecule has 8 heteroatoms. The molecular formula is C21H25FN6O. The first-order chi connectivity index (χ1) is 14.0. The SMILES string of the molecule is CC(C)(CN1CCOc2c(C#N)cncc2C1)C1CCN(c2ncc(F)cn2)C1. The molecule has 1 unspecified atom stereocenters. The number of nitriles is 1. The monoisotopic (exact) mass is 396 g/mol. The second kappa shape index (κ2) is 7.91. The van der Waals surface area contributed by atoms with E-state index in [9.17, 15) is 9.65 Å². The van der Waals surface area contributed by atoms with Gasteiger partial charge in [-0.3, -0.25) is 9.88 Å². The molecule has 1 saturated heterocycles. The van der Waals surface area contributed by atoms with E-state index >= 15 is 0 Å². The van der Waals surface area contributed by atoms with Gasteiger partial charge in [0.2, 0.25) is 5.95 Å². The molecule has 0 aliphatic carbocycles. The summed E-state index contributed by atoms with van der Waals surface area (Å²) in [6.45, 7) is 9.32. The average Bonchev–Trinajstić information content (AvgIpc) is 3.12. The van der Waals surface area contributed by atoms with Crippen LogP contribution in [0.2, 0.25) is 0 Å². The first-order valence-corrected chi connectivity index (χ1v) is 9.91. The summed E-state index contributed by atoms with van der Waals surface area (Å²) in [4.78, 5) is 17.0. The lowest BCUT2D eigenvalue weighted by molar-refractivity contribution is 0.115. The maximum atomic E-state index is 13.1. The van der Waals surface area contributed by atoms with Gasteiger partial charge in [-0.15, -0.1) is 0 Å². The predicted molar refractivity (Wildman–Crippen MR) is 106 cm³/mol. The minimum absolute atomic E-state index is 0.0690. The van der Waals surface area contributed by atoms with Gasteiger partial charge >= 0.3 is 0 Å². The van der Waals surface area contributed by atoms with Gasteiger partial charge in [-0.2, -0.15) is 5.26 Å². The molecule has 0 N–H and O–H groups in total. The van der Waals surface area contributed by atoms with E-state index in [0.29, 0.717) is 29.8 Å². The number of rotatable bonds is 4. The minimum atomic E-state index is -0.414. The lowest BCUT2D eigenvalue weighted by atomic mass is 9.77. The molecule has 29 heavy (non-hydrogen) atoms. The summed E-state index contributed by atoms with van der Waals surface area (Å²) in [6, 6.07) is 2.17. The van der Waals surface area contributed by atoms with E-state index in [1.54, 1.807) is 12.4 Å². The Kier molecular flexibility index (Phi) is 5.33. The number of halogens is 1. The first kappa shape index (κ1) is 19.5. The second-order valence-electron chi connectivity index (χ2n) is 8.47. The van der Waals surface area contributed by atoms with E-state index in [2.05, 4.69) is 44.7 Å². The Morgan fingerprint density at radius 3 is 2.79 bits per heavy atom. The number of pyridine rings is 1. The van der Waals surface area contributed by atoms with Gasteiger partial charge in [-0.1, -0.05) is 13.8 Å². The Bertz CT molecular complexity index is 910. The number of ether oxygens (including phenoxy) is 1. The predicted octanol–water partition coefficient (Wildman–Crippen LogP) is 2.63. The van der Waals surface area contributed by atoms with Crippen LogP contribution in [0.4, 0.5) is 10.3 Å². The molecule has 0 aromatic carbocycles. The summed E-state index contributed by atoms with van der Waals surface area (Å²) in [5, 5.41) is 9.30. The highest BCUT2D eigenvalue weighted by Crippen LogP contribution is 2.37. The second-order valence-corrected chi connectivity index (χ2v) is 8.47. The van der Waals surface area contributed by atoms with Crippen molar-refractivity contribution in [2.45, 2.75) is 26.8 Å². The van der Waals surface area contributed by atoms with Crippen molar-refractivity contribution in [3.63, 3.8) is 0 Å². The third-order valence-electron chi connectivity index (χ3n) is 5.95. The van der Waals surface area contributed by atoms with Crippen LogP contribution in [0, 0.1) is 28.5 Å². The smallest absolute Gasteiger partial charge is 0.225 e. The first-order valence-electron chi connectivity index (χ1n) is 9.91. The molecule has 0 radical (unpaired) electrons. The van der Waals surface area contributed by atoms with Gasteiger partial charge in [-0.05, 0) is 17.8 Å². The Labute approximate surface area is 170 Å². The fourth-order valence-corrected chi connectivity index (χ4v) is 4.34. The van der Waals surface area contributed by atoms with Crippen molar-refractivity contribution in [2.75, 3.05) is 37.7 Å². The van der Waals surface area contributed by atoms with Crippen LogP contribution in [0.3, 0.4) is 0 Å². The number of fused-ring (bicyclic) bond motifs is 1. The standard InChI is InChI=1S/C21H25FN6O/c1-21(2,17-3-4-28(13-17)20-25-10-18(22)11-26-20)14-27-5-6-29-19-15(7-23)8-24-9-16(19)12-27/h8-11,17H,3-6,12-14H2,1-2H3. The Morgan fingerprint density at radius 2 is 2.03 bits per heavy atom. The fraction of sp³-hybridized carbons (Fsp3) is 0.524. The molecule has 152 valence electrons. The number of nitrogens with zero attached hydrogens (tertiary/aromatic N) is 6. The van der Waals surface area contributed by atoms with E-state index in [0.717, 1.165) is 44.7 Å². The molecule has 0 bridgehead atoms. The van der Waals surface area contributed by atoms with E-state index in [1.165, 1.54) is 12.4 Å². The van der Waals surface area contributed by atoms with E-state index in [4.69, 9.17) is 4.74 Å². The third-order valence-corrected chi connectivity index (χ3v) is 5.95. The lowest BCUT2D eigenvalue weighted by Gasteiger charge is -2.36. The zero-order valence-corrected chi connectivity index (χ0v) is 16.8. The van der Waals surface area contributed by atoms with Gasteiger partial charge < -0.3 is 9.64 Å². The maximum absolute atomic E-state index is 13.1. The number of hydrogen-bond acceptors (Lipinski definition) is 7. The van der Waals surface area contributed by atoms with Crippen molar-refractivity contribution < 1.29 is 9.13 Å². The van der Waals surface area contributed by atoms with Gasteiger partial charge in [0.15, 0.2) is 5.82 Å². The number of aromatic nitrogens is 3. The maximum Gasteiger partial charge on any atom is 0.225 e. The van der Waals surface area contributed by atoms with Gasteiger partial charge in [0.1, 0.15) is 24.0 Å². The van der Waals surface area contributed by atoms with Crippen LogP contribution in [0.1, 0.15) is 31.4 Å². The van der Waals surface area contributed by atoms with Crippen LogP contribution in [0.25, 0.3) is 0 Å². The van der Waals surface area contributed by atoms with E-state index in [1.807, 2.05) is 0 Å². The lowest BCUT2D eigenvalue weighted by Crippen LogP contribution is -2.40. The zero-order chi connectivity index (χ0) is 20.4. The van der Waals surface area contributed by atoms with Crippen LogP contribution in [-0.2, 0) is 6.54 Å². The molecule has 1 atom stereocenters. The molecule has 7 nitrogen and oxygen atoms in total. The van der Waals surface area contributed by atoms with Crippen molar-refractivity contribution in [1.29, 1.82) is 5.26 Å². The Balaban J connectivity index is 1.43. The van der Waals surface area contributed by atoms with Crippen LogP contribution < -0.4 is 9.64 Å². The molecule has 0 amide bonds. The molecule has 2 aliphatic rings. The van der Waals surface area contributed by atoms with Gasteiger partial charge in [-0.25, -0.2) is 14.4 Å². The normalized spacial score (nSPS) is 19.9. The van der Waals surface area contributed by atoms with Crippen LogP contribution in [0.5, 0.6) is 5.75 Å². The largest absolute Gasteiger partial charge is 0.490 e. The molecule has 4 heterocycles. The van der Waals surface area contributed by atoms with Crippen molar-refractivity contribution in [3.8, 4) is 11.8 Å². The summed E-state index contributed by atoms with van der Waals surface area (Å²) < 4.78 is 19.0. The average molecular weight is 396 g/mol. The van der Waals surface area contributed by atoms with E-state index < -0.39 is 5.82 Å². The topological polar surface area (TPSA) is 78.2 Å². The van der Waals surface area contributed by atoms with Gasteiger partial charge in [0.25, 0.3) is 0 Å². The summed E-state index contributed by atoms with van der Waals surface area (Å²) in [5.74, 6) is 1.33. The van der Waals surface area contributed by atoms with Gasteiger partial charge in [0, 0.05) is 50.7 Å². The van der Waals surface area contributed by atoms with Gasteiger partial charge in [0.05, 0.1) is 12.4 Å². The van der Waals surface area contributed by atoms with Crippen LogP contribution in [0.15, 0.2) is 24.8 Å². The molecule has 2 aromatic heterocycles. The van der Waals surface area contributed by atoms with Crippen LogP contribution in [-0.4, -0.2) is 52.6 Å². The quantitative estimate of drug-likeness (QED) is 0.786. The Hall–Kier alpha value is -2.79. The molecule has 0 spiro atoms. The van der Waals surface area contributed by atoms with E-state index in [-0.39, 0.29) is 5.41 Å². The minimum Gasteiger partial charge on any atom is -0.490 e. The molecule has 2 aromatic rings. The molecule has 0 saturated carbocycles. The summed E-state index contributed by atoms with van der Waals surface area (Å²) >= 11 is 0. The van der Waals surface area contributed by atoms with Crippen molar-refractivity contribution in [1.82, 2.24) is 19.9 Å². The van der Waals surface area contributed by atoms with Crippen molar-refractivity contribution in [2.24, 2.45) is 11.3 Å². The molecule has 2 aliphatic heterocycles. The Morgan fingerprint density at radius 1 is 1.24 bits per heavy atom. The highest BCUT2D eigenvalue weighted by atomic mass is 19.1. The summed E-state index contributed by atoms with van der Waals surface area (Å²) in [5.41, 5.74) is 1.53. The number of hydrogen-bond donors (Lipinski definition) is 0. The third kappa shape index (κ3) is 4.15. The summed E-state index contributed by atoms with van der Waals surface area (Å²) in [7, 11) is 0. The summed E-state index contributed by atoms with van der Waals surface area (Å²) in [6.07, 6.45) is 6.85. The molecular weight excluding hydrogens is 371 g/mol. The number of anilines is 1. The highest BCUT2D eigenvalue weighted by molar-refractivity contribution is 5.46. The zero-order valence-electron chi connectivity index (χ0n) is 16.8. The van der Waals surface area contributed by atoms with Crippen LogP contribution >= 0.6 is 0 Å². The molecule has 4 rings (SSSR count). The van der Waals surface area contributed by atoms with Crippen molar-refractivity contribution >= 4 is 5.95 Å². The molecule has 1 fully saturated rings. The van der Waals surface area contributed by atoms with Crippen molar-refractivity contribution in [3.05, 3.63) is 41.7 Å². The fourth-order valence-electron chi connectivity index (χ4n) is 4.34. The highest BCUT2D eigenvalue weighted by Gasteiger charge is 2.37.